The molecule has 2 N–H and O–H groups in total. The zero-order chi connectivity index (χ0) is 27.1. The molecule has 0 spiro atoms. The highest BCUT2D eigenvalue weighted by atomic mass is 35.5. The Kier molecular flexibility index (Phi) is 6.70. The van der Waals surface area contributed by atoms with Crippen molar-refractivity contribution in [3.8, 4) is 11.4 Å². The molecule has 1 saturated carbocycles. The lowest BCUT2D eigenvalue weighted by Gasteiger charge is -2.33. The number of benzene rings is 3. The number of hydrogen-bond donors (Lipinski definition) is 2. The second-order valence-electron chi connectivity index (χ2n) is 9.78. The van der Waals surface area contributed by atoms with Crippen molar-refractivity contribution in [2.45, 2.75) is 31.1 Å². The molecular weight excluding hydrogens is 541 g/mol. The van der Waals surface area contributed by atoms with Crippen molar-refractivity contribution in [2.24, 2.45) is 0 Å². The average molecular weight is 566 g/mol. The second kappa shape index (κ2) is 10.2. The van der Waals surface area contributed by atoms with Gasteiger partial charge in [0.1, 0.15) is 11.6 Å². The number of rotatable bonds is 8. The Morgan fingerprint density at radius 1 is 1.03 bits per heavy atom. The number of amides is 1. The van der Waals surface area contributed by atoms with Gasteiger partial charge in [-0.25, -0.2) is 27.5 Å². The van der Waals surface area contributed by atoms with Crippen molar-refractivity contribution in [2.75, 3.05) is 23.3 Å². The highest BCUT2D eigenvalue weighted by molar-refractivity contribution is 7.90. The Hall–Kier alpha value is -3.60. The molecule has 11 heteroatoms. The molecule has 1 aliphatic heterocycles. The summed E-state index contributed by atoms with van der Waals surface area (Å²) in [6.07, 6.45) is 2.42. The summed E-state index contributed by atoms with van der Waals surface area (Å²) >= 11 is 6.33. The molecule has 0 bridgehead atoms. The van der Waals surface area contributed by atoms with E-state index in [4.69, 9.17) is 21.6 Å². The average Bonchev–Trinajstić information content (AvgIpc) is 3.74. The van der Waals surface area contributed by atoms with Crippen LogP contribution in [-0.2, 0) is 16.6 Å². The molecule has 4 aromatic rings. The number of carbonyl (C=O) groups excluding carboxylic acids is 1. The molecule has 2 fully saturated rings. The van der Waals surface area contributed by atoms with Crippen molar-refractivity contribution < 1.29 is 17.6 Å². The summed E-state index contributed by atoms with van der Waals surface area (Å²) in [5.41, 5.74) is 2.70. The van der Waals surface area contributed by atoms with Gasteiger partial charge in [0.15, 0.2) is 5.82 Å². The van der Waals surface area contributed by atoms with Crippen molar-refractivity contribution in [3.63, 3.8) is 0 Å². The third kappa shape index (κ3) is 5.45. The topological polar surface area (TPSA) is 104 Å². The molecule has 0 atom stereocenters. The maximum atomic E-state index is 13.5. The molecule has 200 valence electrons. The van der Waals surface area contributed by atoms with Crippen molar-refractivity contribution >= 4 is 49.9 Å². The van der Waals surface area contributed by atoms with Crippen LogP contribution in [0.4, 0.5) is 15.9 Å². The molecule has 6 rings (SSSR count). The molecule has 1 saturated heterocycles. The van der Waals surface area contributed by atoms with E-state index in [1.807, 2.05) is 6.07 Å². The fraction of sp³-hybridized carbons (Fsp3) is 0.250. The Morgan fingerprint density at radius 3 is 2.49 bits per heavy atom. The van der Waals surface area contributed by atoms with Gasteiger partial charge in [-0.3, -0.25) is 4.79 Å². The van der Waals surface area contributed by atoms with Crippen molar-refractivity contribution in [3.05, 3.63) is 82.6 Å². The van der Waals surface area contributed by atoms with E-state index in [0.29, 0.717) is 41.0 Å². The van der Waals surface area contributed by atoms with E-state index < -0.39 is 15.9 Å². The van der Waals surface area contributed by atoms with Gasteiger partial charge in [-0.05, 0) is 79.4 Å². The number of hydrogen-bond acceptors (Lipinski definition) is 6. The quantitative estimate of drug-likeness (QED) is 0.307. The number of carbonyl (C=O) groups is 1. The molecule has 8 nitrogen and oxygen atoms in total. The molecule has 1 aromatic heterocycles. The molecule has 39 heavy (non-hydrogen) atoms. The zero-order valence-corrected chi connectivity index (χ0v) is 22.4. The molecule has 1 amide bonds. The maximum absolute atomic E-state index is 13.5. The summed E-state index contributed by atoms with van der Waals surface area (Å²) in [6, 6.07) is 16.3. The molecule has 2 heterocycles. The van der Waals surface area contributed by atoms with Gasteiger partial charge in [0.25, 0.3) is 5.91 Å². The van der Waals surface area contributed by atoms with Gasteiger partial charge in [0.2, 0.25) is 10.0 Å². The van der Waals surface area contributed by atoms with E-state index in [1.165, 1.54) is 12.1 Å². The van der Waals surface area contributed by atoms with E-state index >= 15 is 0 Å². The van der Waals surface area contributed by atoms with Crippen LogP contribution >= 0.6 is 11.6 Å². The van der Waals surface area contributed by atoms with Crippen LogP contribution in [0.3, 0.4) is 0 Å². The van der Waals surface area contributed by atoms with E-state index in [9.17, 15) is 17.6 Å². The number of nitrogens with one attached hydrogen (secondary N) is 2. The van der Waals surface area contributed by atoms with Crippen molar-refractivity contribution in [1.29, 1.82) is 0 Å². The highest BCUT2D eigenvalue weighted by Crippen LogP contribution is 2.32. The molecule has 3 aromatic carbocycles. The normalized spacial score (nSPS) is 15.3. The van der Waals surface area contributed by atoms with E-state index in [-0.39, 0.29) is 28.2 Å². The van der Waals surface area contributed by atoms with Gasteiger partial charge in [-0.1, -0.05) is 17.7 Å². The summed E-state index contributed by atoms with van der Waals surface area (Å²) in [5.74, 6) is 0.503. The first-order chi connectivity index (χ1) is 18.8. The van der Waals surface area contributed by atoms with Crippen LogP contribution in [0.5, 0.6) is 0 Å². The van der Waals surface area contributed by atoms with Crippen LogP contribution in [0.15, 0.2) is 60.7 Å². The molecule has 2 aliphatic rings. The largest absolute Gasteiger partial charge is 0.356 e. The first kappa shape index (κ1) is 25.7. The Labute approximate surface area is 230 Å². The van der Waals surface area contributed by atoms with Crippen LogP contribution in [0, 0.1) is 5.82 Å². The van der Waals surface area contributed by atoms with Crippen LogP contribution in [0.25, 0.3) is 22.3 Å². The monoisotopic (exact) mass is 565 g/mol. The molecular formula is C28H25ClFN5O3S. The third-order valence-corrected chi connectivity index (χ3v) is 9.13. The highest BCUT2D eigenvalue weighted by Gasteiger charge is 2.35. The summed E-state index contributed by atoms with van der Waals surface area (Å²) < 4.78 is 40.4. The van der Waals surface area contributed by atoms with E-state index in [1.54, 1.807) is 42.5 Å². The zero-order valence-electron chi connectivity index (χ0n) is 20.8. The predicted molar refractivity (Wildman–Crippen MR) is 150 cm³/mol. The fourth-order valence-corrected chi connectivity index (χ4v) is 5.99. The SMILES string of the molecule is O=C(Nc1ccc2c(N3CCC3)nc(-c3ccc(F)cc3)nc2c1)c1cc(CNS(=O)(=O)C2CC2)ccc1Cl. The lowest BCUT2D eigenvalue weighted by Crippen LogP contribution is -2.37. The first-order valence-electron chi connectivity index (χ1n) is 12.7. The van der Waals surface area contributed by atoms with Gasteiger partial charge in [0, 0.05) is 36.3 Å². The number of nitrogens with zero attached hydrogens (tertiary/aromatic N) is 3. The number of aromatic nitrogens is 2. The third-order valence-electron chi connectivity index (χ3n) is 6.91. The van der Waals surface area contributed by atoms with Crippen molar-refractivity contribution in [1.82, 2.24) is 14.7 Å². The Bertz CT molecular complexity index is 1690. The predicted octanol–water partition coefficient (Wildman–Crippen LogP) is 5.13. The lowest BCUT2D eigenvalue weighted by atomic mass is 10.1. The standard InChI is InChI=1S/C28H25ClFN5O3S/c29-24-11-2-17(16-31-39(37,38)21-8-9-21)14-23(24)28(36)32-20-7-10-22-25(15-20)33-26(18-3-5-19(30)6-4-18)34-27(22)35-12-1-13-35/h2-7,10-11,14-15,21,31H,1,8-9,12-13,16H2,(H,32,36). The number of sulfonamides is 1. The maximum Gasteiger partial charge on any atom is 0.257 e. The van der Waals surface area contributed by atoms with E-state index in [0.717, 1.165) is 30.7 Å². The number of anilines is 2. The smallest absolute Gasteiger partial charge is 0.257 e. The van der Waals surface area contributed by atoms with Crippen LogP contribution in [-0.4, -0.2) is 42.6 Å². The first-order valence-corrected chi connectivity index (χ1v) is 14.6. The van der Waals surface area contributed by atoms with Gasteiger partial charge in [-0.15, -0.1) is 0 Å². The van der Waals surface area contributed by atoms with Crippen LogP contribution in [0.1, 0.15) is 35.2 Å². The van der Waals surface area contributed by atoms with Gasteiger partial charge < -0.3 is 10.2 Å². The summed E-state index contributed by atoms with van der Waals surface area (Å²) in [6.45, 7) is 1.85. The second-order valence-corrected chi connectivity index (χ2v) is 12.2. The van der Waals surface area contributed by atoms with Crippen LogP contribution in [0.2, 0.25) is 5.02 Å². The molecule has 0 unspecified atom stereocenters. The van der Waals surface area contributed by atoms with Crippen LogP contribution < -0.4 is 14.9 Å². The molecule has 1 aliphatic carbocycles. The Morgan fingerprint density at radius 2 is 1.79 bits per heavy atom. The summed E-state index contributed by atoms with van der Waals surface area (Å²) in [7, 11) is -3.35. The number of fused-ring (bicyclic) bond motifs is 1. The Balaban J connectivity index is 1.28. The minimum absolute atomic E-state index is 0.0780. The van der Waals surface area contributed by atoms with Gasteiger partial charge in [0.05, 0.1) is 21.4 Å². The van der Waals surface area contributed by atoms with Gasteiger partial charge >= 0.3 is 0 Å². The summed E-state index contributed by atoms with van der Waals surface area (Å²) in [4.78, 5) is 24.8. The minimum Gasteiger partial charge on any atom is -0.356 e. The lowest BCUT2D eigenvalue weighted by molar-refractivity contribution is 0.102. The minimum atomic E-state index is -3.35. The summed E-state index contributed by atoms with van der Waals surface area (Å²) in [5, 5.41) is 3.65. The fourth-order valence-electron chi connectivity index (χ4n) is 4.42. The number of halogens is 2. The van der Waals surface area contributed by atoms with Gasteiger partial charge in [-0.2, -0.15) is 0 Å². The molecule has 0 radical (unpaired) electrons. The van der Waals surface area contributed by atoms with E-state index in [2.05, 4.69) is 14.9 Å².